The summed E-state index contributed by atoms with van der Waals surface area (Å²) in [5.74, 6) is 0.185. The first kappa shape index (κ1) is 12.1. The van der Waals surface area contributed by atoms with Crippen LogP contribution in [0.3, 0.4) is 0 Å². The molecule has 1 aliphatic heterocycles. The van der Waals surface area contributed by atoms with Crippen molar-refractivity contribution in [3.8, 4) is 0 Å². The summed E-state index contributed by atoms with van der Waals surface area (Å²) in [6.45, 7) is 7.82. The van der Waals surface area contributed by atoms with Crippen molar-refractivity contribution in [3.63, 3.8) is 0 Å². The second-order valence-electron chi connectivity index (χ2n) is 4.48. The Morgan fingerprint density at radius 2 is 2.12 bits per heavy atom. The van der Waals surface area contributed by atoms with Crippen molar-refractivity contribution in [1.82, 2.24) is 5.32 Å². The van der Waals surface area contributed by atoms with E-state index in [-0.39, 0.29) is 11.9 Å². The van der Waals surface area contributed by atoms with Crippen LogP contribution in [0.2, 0.25) is 0 Å². The highest BCUT2D eigenvalue weighted by atomic mass is 16.2. The van der Waals surface area contributed by atoms with E-state index in [1.807, 2.05) is 17.9 Å². The number of para-hydroxylation sites is 1. The van der Waals surface area contributed by atoms with Crippen molar-refractivity contribution < 1.29 is 4.79 Å². The van der Waals surface area contributed by atoms with Gasteiger partial charge in [-0.15, -0.1) is 0 Å². The number of benzene rings is 1. The average Bonchev–Trinajstić information content (AvgIpc) is 2.60. The van der Waals surface area contributed by atoms with E-state index in [1.54, 1.807) is 0 Å². The second kappa shape index (κ2) is 4.88. The maximum atomic E-state index is 12.3. The van der Waals surface area contributed by atoms with E-state index in [9.17, 15) is 4.79 Å². The third kappa shape index (κ3) is 1.95. The van der Waals surface area contributed by atoms with Crippen LogP contribution in [0.1, 0.15) is 37.4 Å². The number of rotatable bonds is 4. The Labute approximate surface area is 103 Å². The molecular formula is C14H20N2O. The Hall–Kier alpha value is -1.35. The predicted octanol–water partition coefficient (Wildman–Crippen LogP) is 2.40. The van der Waals surface area contributed by atoms with Crippen molar-refractivity contribution in [2.75, 3.05) is 18.0 Å². The molecule has 1 aromatic rings. The molecule has 0 radical (unpaired) electrons. The van der Waals surface area contributed by atoms with E-state index in [0.717, 1.165) is 30.8 Å². The van der Waals surface area contributed by atoms with Gasteiger partial charge < -0.3 is 10.2 Å². The van der Waals surface area contributed by atoms with Crippen LogP contribution in [0.15, 0.2) is 18.2 Å². The van der Waals surface area contributed by atoms with Crippen LogP contribution in [0.5, 0.6) is 0 Å². The highest BCUT2D eigenvalue weighted by molar-refractivity contribution is 6.05. The van der Waals surface area contributed by atoms with Gasteiger partial charge in [-0.05, 0) is 32.4 Å². The number of nitrogens with zero attached hydrogens (tertiary/aromatic N) is 1. The van der Waals surface area contributed by atoms with Crippen molar-refractivity contribution in [2.24, 2.45) is 0 Å². The number of nitrogens with one attached hydrogen (secondary N) is 1. The molecule has 3 nitrogen and oxygen atoms in total. The molecule has 1 atom stereocenters. The number of hydrogen-bond donors (Lipinski definition) is 1. The van der Waals surface area contributed by atoms with Gasteiger partial charge in [0.2, 0.25) is 5.91 Å². The first-order chi connectivity index (χ1) is 8.20. The van der Waals surface area contributed by atoms with E-state index in [0.29, 0.717) is 0 Å². The molecule has 2 rings (SSSR count). The van der Waals surface area contributed by atoms with Crippen LogP contribution in [-0.2, 0) is 4.79 Å². The zero-order valence-corrected chi connectivity index (χ0v) is 10.8. The molecular weight excluding hydrogens is 212 g/mol. The molecule has 1 aromatic carbocycles. The highest BCUT2D eigenvalue weighted by Crippen LogP contribution is 2.37. The molecule has 1 amide bonds. The molecule has 0 aromatic heterocycles. The van der Waals surface area contributed by atoms with Gasteiger partial charge in [0.25, 0.3) is 0 Å². The predicted molar refractivity (Wildman–Crippen MR) is 70.2 cm³/mol. The summed E-state index contributed by atoms with van der Waals surface area (Å²) in [5.41, 5.74) is 3.41. The minimum Gasteiger partial charge on any atom is -0.310 e. The lowest BCUT2D eigenvalue weighted by molar-refractivity contribution is -0.119. The van der Waals surface area contributed by atoms with Crippen LogP contribution in [-0.4, -0.2) is 19.0 Å². The molecule has 3 heteroatoms. The Morgan fingerprint density at radius 1 is 1.35 bits per heavy atom. The van der Waals surface area contributed by atoms with Gasteiger partial charge >= 0.3 is 0 Å². The van der Waals surface area contributed by atoms with E-state index >= 15 is 0 Å². The largest absolute Gasteiger partial charge is 0.310 e. The number of anilines is 1. The van der Waals surface area contributed by atoms with Gasteiger partial charge in [0.1, 0.15) is 6.04 Å². The topological polar surface area (TPSA) is 32.3 Å². The molecule has 92 valence electrons. The Bertz CT molecular complexity index is 428. The number of aryl methyl sites for hydroxylation is 1. The third-order valence-electron chi connectivity index (χ3n) is 3.28. The SMILES string of the molecule is CCCNC1C(=O)N(CC)c2c(C)cccc21. The van der Waals surface area contributed by atoms with E-state index in [1.165, 1.54) is 5.56 Å². The summed E-state index contributed by atoms with van der Waals surface area (Å²) >= 11 is 0. The van der Waals surface area contributed by atoms with Gasteiger partial charge in [-0.25, -0.2) is 0 Å². The molecule has 1 N–H and O–H groups in total. The van der Waals surface area contributed by atoms with Crippen molar-refractivity contribution in [1.29, 1.82) is 0 Å². The van der Waals surface area contributed by atoms with Crippen LogP contribution in [0, 0.1) is 6.92 Å². The lowest BCUT2D eigenvalue weighted by Gasteiger charge is -2.17. The summed E-state index contributed by atoms with van der Waals surface area (Å²) in [5, 5.41) is 3.34. The first-order valence-corrected chi connectivity index (χ1v) is 6.35. The zero-order valence-electron chi connectivity index (χ0n) is 10.8. The number of hydrogen-bond acceptors (Lipinski definition) is 2. The van der Waals surface area contributed by atoms with Gasteiger partial charge in [-0.3, -0.25) is 4.79 Å². The number of fused-ring (bicyclic) bond motifs is 1. The van der Waals surface area contributed by atoms with Gasteiger partial charge in [-0.2, -0.15) is 0 Å². The molecule has 0 spiro atoms. The third-order valence-corrected chi connectivity index (χ3v) is 3.28. The monoisotopic (exact) mass is 232 g/mol. The van der Waals surface area contributed by atoms with Gasteiger partial charge in [0.05, 0.1) is 5.69 Å². The first-order valence-electron chi connectivity index (χ1n) is 6.35. The van der Waals surface area contributed by atoms with Crippen molar-refractivity contribution >= 4 is 11.6 Å². The minimum absolute atomic E-state index is 0.148. The average molecular weight is 232 g/mol. The summed E-state index contributed by atoms with van der Waals surface area (Å²) in [7, 11) is 0. The standard InChI is InChI=1S/C14H20N2O/c1-4-9-15-12-11-8-6-7-10(3)13(11)16(5-2)14(12)17/h6-8,12,15H,4-5,9H2,1-3H3. The maximum absolute atomic E-state index is 12.3. The number of carbonyl (C=O) groups is 1. The molecule has 0 saturated heterocycles. The summed E-state index contributed by atoms with van der Waals surface area (Å²) < 4.78 is 0. The number of amides is 1. The van der Waals surface area contributed by atoms with E-state index in [4.69, 9.17) is 0 Å². The van der Waals surface area contributed by atoms with Crippen LogP contribution < -0.4 is 10.2 Å². The Kier molecular flexibility index (Phi) is 3.48. The van der Waals surface area contributed by atoms with E-state index < -0.39 is 0 Å². The van der Waals surface area contributed by atoms with Crippen LogP contribution >= 0.6 is 0 Å². The van der Waals surface area contributed by atoms with Gasteiger partial charge in [0.15, 0.2) is 0 Å². The normalized spacial score (nSPS) is 18.6. The summed E-state index contributed by atoms with van der Waals surface area (Å²) in [6, 6.07) is 6.01. The van der Waals surface area contributed by atoms with Gasteiger partial charge in [0, 0.05) is 12.1 Å². The lowest BCUT2D eigenvalue weighted by atomic mass is 10.1. The maximum Gasteiger partial charge on any atom is 0.248 e. The fraction of sp³-hybridized carbons (Fsp3) is 0.500. The second-order valence-corrected chi connectivity index (χ2v) is 4.48. The minimum atomic E-state index is -0.148. The Balaban J connectivity index is 2.40. The quantitative estimate of drug-likeness (QED) is 0.864. The zero-order chi connectivity index (χ0) is 12.4. The Morgan fingerprint density at radius 3 is 2.76 bits per heavy atom. The lowest BCUT2D eigenvalue weighted by Crippen LogP contribution is -2.34. The molecule has 0 aliphatic carbocycles. The smallest absolute Gasteiger partial charge is 0.248 e. The van der Waals surface area contributed by atoms with Crippen molar-refractivity contribution in [3.05, 3.63) is 29.3 Å². The van der Waals surface area contributed by atoms with Crippen LogP contribution in [0.4, 0.5) is 5.69 Å². The fourth-order valence-corrected chi connectivity index (χ4v) is 2.48. The molecule has 17 heavy (non-hydrogen) atoms. The van der Waals surface area contributed by atoms with Crippen molar-refractivity contribution in [2.45, 2.75) is 33.2 Å². The molecule has 0 bridgehead atoms. The molecule has 0 fully saturated rings. The number of likely N-dealkylation sites (N-methyl/N-ethyl adjacent to an activating group) is 1. The fourth-order valence-electron chi connectivity index (χ4n) is 2.48. The van der Waals surface area contributed by atoms with Gasteiger partial charge in [-0.1, -0.05) is 25.1 Å². The molecule has 1 aliphatic rings. The van der Waals surface area contributed by atoms with Crippen LogP contribution in [0.25, 0.3) is 0 Å². The highest BCUT2D eigenvalue weighted by Gasteiger charge is 2.36. The molecule has 1 heterocycles. The van der Waals surface area contributed by atoms with E-state index in [2.05, 4.69) is 31.3 Å². The summed E-state index contributed by atoms with van der Waals surface area (Å²) in [6.07, 6.45) is 1.04. The summed E-state index contributed by atoms with van der Waals surface area (Å²) in [4.78, 5) is 14.2. The number of carbonyl (C=O) groups excluding carboxylic acids is 1. The molecule has 1 unspecified atom stereocenters. The molecule has 0 saturated carbocycles.